The number of nitrogens with zero attached hydrogens (tertiary/aromatic N) is 2. The fraction of sp³-hybridized carbons (Fsp3) is 0. The maximum atomic E-state index is 6.49. The van der Waals surface area contributed by atoms with Crippen LogP contribution in [0.4, 0.5) is 39.8 Å². The van der Waals surface area contributed by atoms with Crippen LogP contribution in [0.25, 0.3) is 0 Å². The van der Waals surface area contributed by atoms with Gasteiger partial charge in [0.2, 0.25) is 0 Å². The van der Waals surface area contributed by atoms with E-state index in [2.05, 4.69) is 113 Å². The quantitative estimate of drug-likeness (QED) is 0.277. The van der Waals surface area contributed by atoms with Gasteiger partial charge in [-0.25, -0.2) is 0 Å². The zero-order valence-electron chi connectivity index (χ0n) is 18.3. The highest BCUT2D eigenvalue weighted by molar-refractivity contribution is 5.85. The minimum atomic E-state index is 0.705. The topological polar surface area (TPSA) is 32.5 Å². The Labute approximate surface area is 195 Å². The lowest BCUT2D eigenvalue weighted by atomic mass is 10.1. The number of para-hydroxylation sites is 4. The Bertz CT molecular complexity index is 1120. The minimum Gasteiger partial charge on any atom is -0.399 e. The molecule has 0 spiro atoms. The molecule has 33 heavy (non-hydrogen) atoms. The highest BCUT2D eigenvalue weighted by Gasteiger charge is 2.17. The lowest BCUT2D eigenvalue weighted by Gasteiger charge is -2.29. The Morgan fingerprint density at radius 3 is 0.879 bits per heavy atom. The molecule has 0 atom stereocenters. The third kappa shape index (κ3) is 4.43. The summed E-state index contributed by atoms with van der Waals surface area (Å²) in [6.07, 6.45) is 0. The van der Waals surface area contributed by atoms with Gasteiger partial charge in [0, 0.05) is 28.4 Å². The molecule has 160 valence electrons. The lowest BCUT2D eigenvalue weighted by molar-refractivity contribution is 1.25. The minimum absolute atomic E-state index is 0.705. The highest BCUT2D eigenvalue weighted by atomic mass is 15.2. The Balaban J connectivity index is 1.69. The van der Waals surface area contributed by atoms with Crippen molar-refractivity contribution < 1.29 is 0 Å². The summed E-state index contributed by atoms with van der Waals surface area (Å²) in [6.45, 7) is 0. The van der Waals surface area contributed by atoms with Crippen LogP contribution >= 0.6 is 0 Å². The van der Waals surface area contributed by atoms with Gasteiger partial charge < -0.3 is 15.5 Å². The second kappa shape index (κ2) is 9.33. The number of nitrogen functional groups attached to an aromatic ring is 1. The van der Waals surface area contributed by atoms with Gasteiger partial charge in [0.15, 0.2) is 0 Å². The summed E-state index contributed by atoms with van der Waals surface area (Å²) in [5, 5.41) is 0. The Kier molecular flexibility index (Phi) is 5.77. The molecular weight excluding hydrogens is 402 g/mol. The molecule has 2 N–H and O–H groups in total. The first kappa shape index (κ1) is 20.4. The average molecular weight is 428 g/mol. The standard InChI is InChI=1S/C30H25N3/c31-24-21-29(32(25-13-5-1-6-14-25)26-15-7-2-8-16-26)23-30(22-24)33(27-17-9-3-10-18-27)28-19-11-4-12-20-28/h1-23H,31H2. The first-order valence-corrected chi connectivity index (χ1v) is 11.0. The second-order valence-electron chi connectivity index (χ2n) is 7.80. The van der Waals surface area contributed by atoms with E-state index in [9.17, 15) is 0 Å². The van der Waals surface area contributed by atoms with E-state index in [0.29, 0.717) is 5.69 Å². The third-order valence-electron chi connectivity index (χ3n) is 5.50. The van der Waals surface area contributed by atoms with Crippen LogP contribution in [0, 0.1) is 0 Å². The summed E-state index contributed by atoms with van der Waals surface area (Å²) in [6, 6.07) is 47.7. The summed E-state index contributed by atoms with van der Waals surface area (Å²) in [4.78, 5) is 4.46. The van der Waals surface area contributed by atoms with Crippen LogP contribution < -0.4 is 15.5 Å². The number of nitrogens with two attached hydrogens (primary N) is 1. The zero-order valence-corrected chi connectivity index (χ0v) is 18.3. The molecule has 0 aliphatic heterocycles. The predicted octanol–water partition coefficient (Wildman–Crippen LogP) is 8.21. The van der Waals surface area contributed by atoms with Gasteiger partial charge in [0.1, 0.15) is 0 Å². The van der Waals surface area contributed by atoms with Crippen LogP contribution in [-0.2, 0) is 0 Å². The SMILES string of the molecule is Nc1cc(N(c2ccccc2)c2ccccc2)cc(N(c2ccccc2)c2ccccc2)c1. The van der Waals surface area contributed by atoms with Gasteiger partial charge in [0.05, 0.1) is 11.4 Å². The number of benzene rings is 5. The van der Waals surface area contributed by atoms with Crippen molar-refractivity contribution >= 4 is 39.8 Å². The van der Waals surface area contributed by atoms with E-state index in [4.69, 9.17) is 5.73 Å². The maximum Gasteiger partial charge on any atom is 0.0502 e. The van der Waals surface area contributed by atoms with E-state index in [0.717, 1.165) is 34.1 Å². The molecule has 0 radical (unpaired) electrons. The molecule has 5 aromatic rings. The molecule has 0 aliphatic rings. The molecule has 0 unspecified atom stereocenters. The fourth-order valence-electron chi connectivity index (χ4n) is 4.08. The molecule has 0 aliphatic carbocycles. The van der Waals surface area contributed by atoms with Crippen molar-refractivity contribution in [1.29, 1.82) is 0 Å². The van der Waals surface area contributed by atoms with E-state index in [1.807, 2.05) is 36.4 Å². The molecule has 0 amide bonds. The van der Waals surface area contributed by atoms with Crippen LogP contribution in [0.1, 0.15) is 0 Å². The van der Waals surface area contributed by atoms with Gasteiger partial charge in [-0.3, -0.25) is 0 Å². The van der Waals surface area contributed by atoms with Gasteiger partial charge in [-0.2, -0.15) is 0 Å². The van der Waals surface area contributed by atoms with Crippen molar-refractivity contribution in [3.05, 3.63) is 140 Å². The van der Waals surface area contributed by atoms with Gasteiger partial charge in [-0.05, 0) is 66.7 Å². The predicted molar refractivity (Wildman–Crippen MR) is 140 cm³/mol. The van der Waals surface area contributed by atoms with E-state index in [-0.39, 0.29) is 0 Å². The number of hydrogen-bond donors (Lipinski definition) is 1. The Morgan fingerprint density at radius 2 is 0.606 bits per heavy atom. The van der Waals surface area contributed by atoms with Crippen molar-refractivity contribution in [2.24, 2.45) is 0 Å². The van der Waals surface area contributed by atoms with Crippen molar-refractivity contribution in [3.8, 4) is 0 Å². The summed E-state index contributed by atoms with van der Waals surface area (Å²) in [5.41, 5.74) is 13.5. The normalized spacial score (nSPS) is 10.5. The van der Waals surface area contributed by atoms with Gasteiger partial charge in [-0.15, -0.1) is 0 Å². The van der Waals surface area contributed by atoms with Crippen LogP contribution in [0.5, 0.6) is 0 Å². The summed E-state index contributed by atoms with van der Waals surface area (Å²) in [7, 11) is 0. The van der Waals surface area contributed by atoms with Gasteiger partial charge in [-0.1, -0.05) is 72.8 Å². The molecule has 0 saturated carbocycles. The van der Waals surface area contributed by atoms with Crippen LogP contribution in [-0.4, -0.2) is 0 Å². The molecule has 5 rings (SSSR count). The summed E-state index contributed by atoms with van der Waals surface area (Å²) >= 11 is 0. The summed E-state index contributed by atoms with van der Waals surface area (Å²) < 4.78 is 0. The van der Waals surface area contributed by atoms with Crippen LogP contribution in [0.3, 0.4) is 0 Å². The molecule has 5 aromatic carbocycles. The Hall–Kier alpha value is -4.50. The van der Waals surface area contributed by atoms with Crippen LogP contribution in [0.2, 0.25) is 0 Å². The molecule has 0 heterocycles. The van der Waals surface area contributed by atoms with E-state index < -0.39 is 0 Å². The molecule has 0 fully saturated rings. The second-order valence-corrected chi connectivity index (χ2v) is 7.80. The maximum absolute atomic E-state index is 6.49. The Morgan fingerprint density at radius 1 is 0.333 bits per heavy atom. The summed E-state index contributed by atoms with van der Waals surface area (Å²) in [5.74, 6) is 0. The van der Waals surface area contributed by atoms with E-state index >= 15 is 0 Å². The first-order chi connectivity index (χ1) is 16.3. The first-order valence-electron chi connectivity index (χ1n) is 11.0. The van der Waals surface area contributed by atoms with Crippen molar-refractivity contribution in [2.75, 3.05) is 15.5 Å². The number of rotatable bonds is 6. The average Bonchev–Trinajstić information content (AvgIpc) is 2.87. The number of hydrogen-bond acceptors (Lipinski definition) is 3. The fourth-order valence-corrected chi connectivity index (χ4v) is 4.08. The van der Waals surface area contributed by atoms with Gasteiger partial charge in [0.25, 0.3) is 0 Å². The molecule has 0 bridgehead atoms. The molecular formula is C30H25N3. The smallest absolute Gasteiger partial charge is 0.0502 e. The zero-order chi connectivity index (χ0) is 22.5. The van der Waals surface area contributed by atoms with E-state index in [1.165, 1.54) is 0 Å². The number of anilines is 7. The van der Waals surface area contributed by atoms with E-state index in [1.54, 1.807) is 0 Å². The molecule has 3 nitrogen and oxygen atoms in total. The molecule has 0 aromatic heterocycles. The highest BCUT2D eigenvalue weighted by Crippen LogP contribution is 2.41. The van der Waals surface area contributed by atoms with Crippen LogP contribution in [0.15, 0.2) is 140 Å². The monoisotopic (exact) mass is 427 g/mol. The van der Waals surface area contributed by atoms with Crippen molar-refractivity contribution in [2.45, 2.75) is 0 Å². The lowest BCUT2D eigenvalue weighted by Crippen LogP contribution is -2.13. The van der Waals surface area contributed by atoms with Crippen molar-refractivity contribution in [3.63, 3.8) is 0 Å². The molecule has 3 heteroatoms. The third-order valence-corrected chi connectivity index (χ3v) is 5.50. The molecule has 0 saturated heterocycles. The van der Waals surface area contributed by atoms with Crippen molar-refractivity contribution in [1.82, 2.24) is 0 Å². The largest absolute Gasteiger partial charge is 0.399 e. The van der Waals surface area contributed by atoms with Gasteiger partial charge >= 0.3 is 0 Å².